The van der Waals surface area contributed by atoms with Gasteiger partial charge in [-0.3, -0.25) is 0 Å². The van der Waals surface area contributed by atoms with Crippen LogP contribution in [-0.4, -0.2) is 6.54 Å². The predicted octanol–water partition coefficient (Wildman–Crippen LogP) is 4.53. The zero-order valence-corrected chi connectivity index (χ0v) is 11.8. The van der Waals surface area contributed by atoms with Crippen molar-refractivity contribution in [3.05, 3.63) is 46.6 Å². The van der Waals surface area contributed by atoms with Crippen LogP contribution in [0.5, 0.6) is 0 Å². The highest BCUT2D eigenvalue weighted by molar-refractivity contribution is 7.15. The van der Waals surface area contributed by atoms with Crippen LogP contribution in [0.1, 0.15) is 30.3 Å². The average Bonchev–Trinajstić information content (AvgIpc) is 2.82. The van der Waals surface area contributed by atoms with E-state index in [1.54, 1.807) is 17.4 Å². The van der Waals surface area contributed by atoms with Crippen LogP contribution in [-0.2, 0) is 0 Å². The number of thiophene rings is 1. The molecule has 0 saturated heterocycles. The van der Waals surface area contributed by atoms with Gasteiger partial charge in [0.25, 0.3) is 0 Å². The molecule has 0 aliphatic carbocycles. The summed E-state index contributed by atoms with van der Waals surface area (Å²) < 4.78 is 13.3. The van der Waals surface area contributed by atoms with E-state index in [1.807, 2.05) is 13.0 Å². The molecule has 0 saturated carbocycles. The van der Waals surface area contributed by atoms with Gasteiger partial charge in [-0.25, -0.2) is 4.39 Å². The predicted molar refractivity (Wildman–Crippen MR) is 76.5 cm³/mol. The fourth-order valence-corrected chi connectivity index (χ4v) is 3.11. The summed E-state index contributed by atoms with van der Waals surface area (Å²) in [5.74, 6) is -0.176. The molecule has 1 aromatic heterocycles. The number of hydrogen-bond acceptors (Lipinski definition) is 2. The molecular formula is C15H18FNS. The first-order valence-corrected chi connectivity index (χ1v) is 7.03. The summed E-state index contributed by atoms with van der Waals surface area (Å²) in [5.41, 5.74) is 2.11. The van der Waals surface area contributed by atoms with Gasteiger partial charge in [-0.15, -0.1) is 11.3 Å². The van der Waals surface area contributed by atoms with E-state index in [0.717, 1.165) is 22.5 Å². The molecular weight excluding hydrogens is 245 g/mol. The Hall–Kier alpha value is -1.19. The van der Waals surface area contributed by atoms with Crippen molar-refractivity contribution in [3.8, 4) is 10.4 Å². The Labute approximate surface area is 112 Å². The Kier molecular flexibility index (Phi) is 4.15. The SMILES string of the molecule is CCNC(C)c1ccc(-c2cc(F)ccc2C)s1. The molecule has 1 heterocycles. The lowest BCUT2D eigenvalue weighted by Crippen LogP contribution is -2.16. The second-order valence-corrected chi connectivity index (χ2v) is 5.56. The Morgan fingerprint density at radius 3 is 2.78 bits per heavy atom. The maximum Gasteiger partial charge on any atom is 0.123 e. The van der Waals surface area contributed by atoms with E-state index in [1.165, 1.54) is 10.9 Å². The summed E-state index contributed by atoms with van der Waals surface area (Å²) in [6, 6.07) is 9.50. The molecule has 0 radical (unpaired) electrons. The van der Waals surface area contributed by atoms with Crippen LogP contribution in [0, 0.1) is 12.7 Å². The lowest BCUT2D eigenvalue weighted by Gasteiger charge is -2.09. The normalized spacial score (nSPS) is 12.7. The molecule has 3 heteroatoms. The van der Waals surface area contributed by atoms with Crippen LogP contribution in [0.4, 0.5) is 4.39 Å². The summed E-state index contributed by atoms with van der Waals surface area (Å²) in [7, 11) is 0. The minimum absolute atomic E-state index is 0.176. The van der Waals surface area contributed by atoms with Crippen molar-refractivity contribution < 1.29 is 4.39 Å². The monoisotopic (exact) mass is 263 g/mol. The molecule has 0 aliphatic heterocycles. The highest BCUT2D eigenvalue weighted by Gasteiger charge is 2.10. The largest absolute Gasteiger partial charge is 0.310 e. The molecule has 1 nitrogen and oxygen atoms in total. The van der Waals surface area contributed by atoms with Gasteiger partial charge in [0.2, 0.25) is 0 Å². The van der Waals surface area contributed by atoms with Crippen LogP contribution in [0.2, 0.25) is 0 Å². The number of nitrogens with one attached hydrogen (secondary N) is 1. The van der Waals surface area contributed by atoms with Crippen molar-refractivity contribution in [1.82, 2.24) is 5.32 Å². The maximum absolute atomic E-state index is 13.3. The van der Waals surface area contributed by atoms with E-state index in [2.05, 4.69) is 31.3 Å². The van der Waals surface area contributed by atoms with Crippen molar-refractivity contribution in [2.45, 2.75) is 26.8 Å². The number of hydrogen-bond donors (Lipinski definition) is 1. The van der Waals surface area contributed by atoms with E-state index in [0.29, 0.717) is 6.04 Å². The van der Waals surface area contributed by atoms with E-state index in [4.69, 9.17) is 0 Å². The molecule has 1 N–H and O–H groups in total. The minimum Gasteiger partial charge on any atom is -0.310 e. The second-order valence-electron chi connectivity index (χ2n) is 4.44. The number of halogens is 1. The number of aryl methyl sites for hydroxylation is 1. The highest BCUT2D eigenvalue weighted by atomic mass is 32.1. The van der Waals surface area contributed by atoms with Crippen LogP contribution >= 0.6 is 11.3 Å². The molecule has 0 aliphatic rings. The minimum atomic E-state index is -0.176. The first-order valence-electron chi connectivity index (χ1n) is 6.21. The topological polar surface area (TPSA) is 12.0 Å². The highest BCUT2D eigenvalue weighted by Crippen LogP contribution is 2.33. The lowest BCUT2D eigenvalue weighted by molar-refractivity contribution is 0.607. The van der Waals surface area contributed by atoms with E-state index in [9.17, 15) is 4.39 Å². The van der Waals surface area contributed by atoms with Gasteiger partial charge in [0.15, 0.2) is 0 Å². The van der Waals surface area contributed by atoms with Gasteiger partial charge in [0.1, 0.15) is 5.82 Å². The third-order valence-electron chi connectivity index (χ3n) is 3.03. The summed E-state index contributed by atoms with van der Waals surface area (Å²) in [5, 5.41) is 3.39. The lowest BCUT2D eigenvalue weighted by atomic mass is 10.1. The van der Waals surface area contributed by atoms with Crippen LogP contribution in [0.15, 0.2) is 30.3 Å². The van der Waals surface area contributed by atoms with Crippen molar-refractivity contribution >= 4 is 11.3 Å². The Morgan fingerprint density at radius 1 is 1.28 bits per heavy atom. The van der Waals surface area contributed by atoms with Gasteiger partial charge < -0.3 is 5.32 Å². The van der Waals surface area contributed by atoms with Crippen molar-refractivity contribution in [2.75, 3.05) is 6.54 Å². The quantitative estimate of drug-likeness (QED) is 0.854. The van der Waals surface area contributed by atoms with Gasteiger partial charge in [-0.2, -0.15) is 0 Å². The fourth-order valence-electron chi connectivity index (χ4n) is 2.00. The zero-order valence-electron chi connectivity index (χ0n) is 11.0. The molecule has 2 aromatic rings. The van der Waals surface area contributed by atoms with Crippen LogP contribution in [0.3, 0.4) is 0 Å². The second kappa shape index (κ2) is 5.63. The van der Waals surface area contributed by atoms with Crippen LogP contribution in [0.25, 0.3) is 10.4 Å². The molecule has 0 bridgehead atoms. The van der Waals surface area contributed by atoms with Gasteiger partial charge in [-0.05, 0) is 55.8 Å². The summed E-state index contributed by atoms with van der Waals surface area (Å²) in [6.45, 7) is 7.22. The first kappa shape index (κ1) is 13.2. The van der Waals surface area contributed by atoms with Crippen molar-refractivity contribution in [2.24, 2.45) is 0 Å². The van der Waals surface area contributed by atoms with Gasteiger partial charge >= 0.3 is 0 Å². The van der Waals surface area contributed by atoms with E-state index >= 15 is 0 Å². The van der Waals surface area contributed by atoms with Gasteiger partial charge in [-0.1, -0.05) is 13.0 Å². The molecule has 1 unspecified atom stereocenters. The third kappa shape index (κ3) is 2.79. The Bertz CT molecular complexity index is 533. The average molecular weight is 263 g/mol. The van der Waals surface area contributed by atoms with E-state index < -0.39 is 0 Å². The Morgan fingerprint density at radius 2 is 2.06 bits per heavy atom. The molecule has 1 aromatic carbocycles. The van der Waals surface area contributed by atoms with Gasteiger partial charge in [0, 0.05) is 15.8 Å². The van der Waals surface area contributed by atoms with Gasteiger partial charge in [0.05, 0.1) is 0 Å². The fraction of sp³-hybridized carbons (Fsp3) is 0.333. The molecule has 2 rings (SSSR count). The zero-order chi connectivity index (χ0) is 13.1. The van der Waals surface area contributed by atoms with E-state index in [-0.39, 0.29) is 5.82 Å². The standard InChI is InChI=1S/C15H18FNS/c1-4-17-11(3)14-7-8-15(18-14)13-9-12(16)6-5-10(13)2/h5-9,11,17H,4H2,1-3H3. The maximum atomic E-state index is 13.3. The smallest absolute Gasteiger partial charge is 0.123 e. The molecule has 1 atom stereocenters. The van der Waals surface area contributed by atoms with Crippen molar-refractivity contribution in [3.63, 3.8) is 0 Å². The molecule has 18 heavy (non-hydrogen) atoms. The molecule has 0 amide bonds. The Balaban J connectivity index is 2.32. The number of rotatable bonds is 4. The van der Waals surface area contributed by atoms with Crippen LogP contribution < -0.4 is 5.32 Å². The van der Waals surface area contributed by atoms with Crippen molar-refractivity contribution in [1.29, 1.82) is 0 Å². The molecule has 0 spiro atoms. The molecule has 96 valence electrons. The summed E-state index contributed by atoms with van der Waals surface area (Å²) in [6.07, 6.45) is 0. The molecule has 0 fully saturated rings. The first-order chi connectivity index (χ1) is 8.61. The summed E-state index contributed by atoms with van der Waals surface area (Å²) in [4.78, 5) is 2.42. The third-order valence-corrected chi connectivity index (χ3v) is 4.33. The summed E-state index contributed by atoms with van der Waals surface area (Å²) >= 11 is 1.73. The number of benzene rings is 1.